The Morgan fingerprint density at radius 1 is 1.26 bits per heavy atom. The zero-order valence-electron chi connectivity index (χ0n) is 13.2. The second-order valence-corrected chi connectivity index (χ2v) is 6.53. The van der Waals surface area contributed by atoms with Gasteiger partial charge < -0.3 is 0 Å². The van der Waals surface area contributed by atoms with Crippen LogP contribution in [0.3, 0.4) is 0 Å². The SMILES string of the molecule is CCc1ccsc1CC(=O)C1C(=O)N(c2ccccc2)N=C1C. The first kappa shape index (κ1) is 15.6. The molecule has 5 heteroatoms. The minimum absolute atomic E-state index is 0.0770. The Kier molecular flexibility index (Phi) is 4.39. The fraction of sp³-hybridized carbons (Fsp3) is 0.278. The maximum absolute atomic E-state index is 12.7. The number of hydrazone groups is 1. The molecule has 0 spiro atoms. The van der Waals surface area contributed by atoms with Gasteiger partial charge in [0.15, 0.2) is 5.78 Å². The van der Waals surface area contributed by atoms with Crippen LogP contribution in [0, 0.1) is 5.92 Å². The summed E-state index contributed by atoms with van der Waals surface area (Å²) in [7, 11) is 0. The van der Waals surface area contributed by atoms with Crippen LogP contribution >= 0.6 is 11.3 Å². The lowest BCUT2D eigenvalue weighted by molar-refractivity contribution is -0.128. The quantitative estimate of drug-likeness (QED) is 0.790. The Morgan fingerprint density at radius 2 is 2.00 bits per heavy atom. The van der Waals surface area contributed by atoms with Gasteiger partial charge in [0, 0.05) is 11.3 Å². The van der Waals surface area contributed by atoms with Crippen molar-refractivity contribution in [2.45, 2.75) is 26.7 Å². The summed E-state index contributed by atoms with van der Waals surface area (Å²) in [5, 5.41) is 7.63. The van der Waals surface area contributed by atoms with E-state index >= 15 is 0 Å². The third kappa shape index (κ3) is 2.97. The molecule has 118 valence electrons. The molecule has 2 heterocycles. The number of aryl methyl sites for hydroxylation is 1. The van der Waals surface area contributed by atoms with E-state index in [0.29, 0.717) is 17.8 Å². The second kappa shape index (κ2) is 6.46. The standard InChI is InChI=1S/C18H18N2O2S/c1-3-13-9-10-23-16(13)11-15(21)17-12(2)19-20(18(17)22)14-7-5-4-6-8-14/h4-10,17H,3,11H2,1-2H3. The van der Waals surface area contributed by atoms with Crippen molar-refractivity contribution in [3.8, 4) is 0 Å². The molecule has 1 unspecified atom stereocenters. The van der Waals surface area contributed by atoms with Gasteiger partial charge in [-0.2, -0.15) is 10.1 Å². The number of hydrogen-bond acceptors (Lipinski definition) is 4. The van der Waals surface area contributed by atoms with Gasteiger partial charge in [0.25, 0.3) is 5.91 Å². The number of benzene rings is 1. The Hall–Kier alpha value is -2.27. The van der Waals surface area contributed by atoms with E-state index in [9.17, 15) is 9.59 Å². The number of anilines is 1. The van der Waals surface area contributed by atoms with Crippen LogP contribution in [0.15, 0.2) is 46.9 Å². The van der Waals surface area contributed by atoms with Crippen LogP contribution in [-0.2, 0) is 22.4 Å². The second-order valence-electron chi connectivity index (χ2n) is 5.53. The third-order valence-corrected chi connectivity index (χ3v) is 4.97. The molecule has 3 rings (SSSR count). The largest absolute Gasteiger partial charge is 0.298 e. The first-order valence-electron chi connectivity index (χ1n) is 7.64. The zero-order valence-corrected chi connectivity index (χ0v) is 14.0. The number of Topliss-reactive ketones (excluding diaryl/α,β-unsaturated/α-hetero) is 1. The normalized spacial score (nSPS) is 17.5. The number of hydrogen-bond donors (Lipinski definition) is 0. The smallest absolute Gasteiger partial charge is 0.263 e. The van der Waals surface area contributed by atoms with E-state index in [1.165, 1.54) is 10.6 Å². The lowest BCUT2D eigenvalue weighted by Crippen LogP contribution is -2.33. The Bertz CT molecular complexity index is 764. The topological polar surface area (TPSA) is 49.7 Å². The molecule has 23 heavy (non-hydrogen) atoms. The minimum Gasteiger partial charge on any atom is -0.298 e. The Morgan fingerprint density at radius 3 is 2.70 bits per heavy atom. The van der Waals surface area contributed by atoms with E-state index in [4.69, 9.17) is 0 Å². The minimum atomic E-state index is -0.762. The molecule has 0 aliphatic carbocycles. The van der Waals surface area contributed by atoms with Gasteiger partial charge in [0.2, 0.25) is 0 Å². The van der Waals surface area contributed by atoms with Crippen molar-refractivity contribution in [1.29, 1.82) is 0 Å². The fourth-order valence-electron chi connectivity index (χ4n) is 2.79. The van der Waals surface area contributed by atoms with Gasteiger partial charge in [-0.25, -0.2) is 0 Å². The Balaban J connectivity index is 1.80. The highest BCUT2D eigenvalue weighted by atomic mass is 32.1. The molecule has 1 amide bonds. The lowest BCUT2D eigenvalue weighted by Gasteiger charge is -2.13. The lowest BCUT2D eigenvalue weighted by atomic mass is 9.95. The van der Waals surface area contributed by atoms with Crippen molar-refractivity contribution in [1.82, 2.24) is 0 Å². The van der Waals surface area contributed by atoms with Crippen LogP contribution < -0.4 is 5.01 Å². The molecule has 0 saturated heterocycles. The first-order chi connectivity index (χ1) is 11.1. The molecule has 0 bridgehead atoms. The summed E-state index contributed by atoms with van der Waals surface area (Å²) in [4.78, 5) is 26.3. The van der Waals surface area contributed by atoms with Gasteiger partial charge in [0.1, 0.15) is 5.92 Å². The molecular weight excluding hydrogens is 308 g/mol. The van der Waals surface area contributed by atoms with Crippen LogP contribution in [0.5, 0.6) is 0 Å². The third-order valence-electron chi connectivity index (χ3n) is 4.01. The van der Waals surface area contributed by atoms with Crippen LogP contribution in [-0.4, -0.2) is 17.4 Å². The summed E-state index contributed by atoms with van der Waals surface area (Å²) < 4.78 is 0. The van der Waals surface area contributed by atoms with E-state index in [2.05, 4.69) is 12.0 Å². The predicted molar refractivity (Wildman–Crippen MR) is 92.9 cm³/mol. The summed E-state index contributed by atoms with van der Waals surface area (Å²) in [6.45, 7) is 3.82. The maximum atomic E-state index is 12.7. The molecule has 4 nitrogen and oxygen atoms in total. The summed E-state index contributed by atoms with van der Waals surface area (Å²) in [5.41, 5.74) is 2.44. The number of thiophene rings is 1. The number of ketones is 1. The van der Waals surface area contributed by atoms with Crippen LogP contribution in [0.2, 0.25) is 0 Å². The van der Waals surface area contributed by atoms with Crippen LogP contribution in [0.1, 0.15) is 24.3 Å². The monoisotopic (exact) mass is 326 g/mol. The molecule has 1 atom stereocenters. The van der Waals surface area contributed by atoms with Crippen molar-refractivity contribution >= 4 is 34.4 Å². The average molecular weight is 326 g/mol. The number of carbonyl (C=O) groups excluding carboxylic acids is 2. The number of para-hydroxylation sites is 1. The fourth-order valence-corrected chi connectivity index (χ4v) is 3.77. The van der Waals surface area contributed by atoms with Gasteiger partial charge in [-0.1, -0.05) is 25.1 Å². The number of nitrogens with zero attached hydrogens (tertiary/aromatic N) is 2. The van der Waals surface area contributed by atoms with Crippen molar-refractivity contribution < 1.29 is 9.59 Å². The molecule has 1 aromatic carbocycles. The summed E-state index contributed by atoms with van der Waals surface area (Å²) in [5.74, 6) is -1.10. The molecule has 0 fully saturated rings. The van der Waals surface area contributed by atoms with E-state index in [-0.39, 0.29) is 11.7 Å². The van der Waals surface area contributed by atoms with Gasteiger partial charge in [-0.15, -0.1) is 11.3 Å². The highest BCUT2D eigenvalue weighted by molar-refractivity contribution is 7.10. The van der Waals surface area contributed by atoms with Gasteiger partial charge >= 0.3 is 0 Å². The molecule has 0 N–H and O–H groups in total. The zero-order chi connectivity index (χ0) is 16.4. The highest BCUT2D eigenvalue weighted by Crippen LogP contribution is 2.26. The number of carbonyl (C=O) groups is 2. The Labute approximate surface area is 139 Å². The first-order valence-corrected chi connectivity index (χ1v) is 8.52. The summed E-state index contributed by atoms with van der Waals surface area (Å²) >= 11 is 1.58. The van der Waals surface area contributed by atoms with Crippen molar-refractivity contribution in [3.63, 3.8) is 0 Å². The van der Waals surface area contributed by atoms with Crippen LogP contribution in [0.4, 0.5) is 5.69 Å². The van der Waals surface area contributed by atoms with Crippen LogP contribution in [0.25, 0.3) is 0 Å². The molecule has 1 aromatic heterocycles. The molecule has 1 aliphatic rings. The van der Waals surface area contributed by atoms with Gasteiger partial charge in [-0.05, 0) is 42.5 Å². The molecular formula is C18H18N2O2S. The van der Waals surface area contributed by atoms with E-state index < -0.39 is 5.92 Å². The predicted octanol–water partition coefficient (Wildman–Crippen LogP) is 3.46. The highest BCUT2D eigenvalue weighted by Gasteiger charge is 2.39. The van der Waals surface area contributed by atoms with Crippen molar-refractivity contribution in [2.24, 2.45) is 11.0 Å². The van der Waals surface area contributed by atoms with E-state index in [0.717, 1.165) is 11.3 Å². The van der Waals surface area contributed by atoms with E-state index in [1.54, 1.807) is 18.3 Å². The molecule has 0 saturated carbocycles. The van der Waals surface area contributed by atoms with Crippen molar-refractivity contribution in [3.05, 3.63) is 52.2 Å². The van der Waals surface area contributed by atoms with Gasteiger partial charge in [-0.3, -0.25) is 9.59 Å². The van der Waals surface area contributed by atoms with Crippen molar-refractivity contribution in [2.75, 3.05) is 5.01 Å². The summed E-state index contributed by atoms with van der Waals surface area (Å²) in [6.07, 6.45) is 1.20. The molecule has 2 aromatic rings. The molecule has 1 aliphatic heterocycles. The summed E-state index contributed by atoms with van der Waals surface area (Å²) in [6, 6.07) is 11.3. The number of rotatable bonds is 5. The van der Waals surface area contributed by atoms with E-state index in [1.807, 2.05) is 41.8 Å². The molecule has 0 radical (unpaired) electrons. The average Bonchev–Trinajstić information content (AvgIpc) is 3.12. The number of amides is 1. The van der Waals surface area contributed by atoms with Gasteiger partial charge in [0.05, 0.1) is 11.4 Å². The maximum Gasteiger partial charge on any atom is 0.263 e.